The molecular weight excluding hydrogens is 514 g/mol. The monoisotopic (exact) mass is 535 g/mol. The summed E-state index contributed by atoms with van der Waals surface area (Å²) in [7, 11) is 1.20. The second-order valence-electron chi connectivity index (χ2n) is 7.68. The number of carbonyl (C=O) groups excluding carboxylic acids is 3. The van der Waals surface area contributed by atoms with Gasteiger partial charge in [0.1, 0.15) is 37.0 Å². The number of amides is 1. The first-order valence-electron chi connectivity index (χ1n) is 10.9. The van der Waals surface area contributed by atoms with Gasteiger partial charge in [-0.2, -0.15) is 5.26 Å². The number of pyridine rings is 1. The zero-order chi connectivity index (χ0) is 26.9. The first kappa shape index (κ1) is 25.6. The lowest BCUT2D eigenvalue weighted by Gasteiger charge is -2.09. The molecule has 10 nitrogen and oxygen atoms in total. The maximum absolute atomic E-state index is 13.4. The number of aromatic nitrogens is 1. The van der Waals surface area contributed by atoms with Crippen molar-refractivity contribution in [2.45, 2.75) is 13.8 Å². The molecule has 37 heavy (non-hydrogen) atoms. The Morgan fingerprint density at radius 3 is 2.43 bits per heavy atom. The van der Waals surface area contributed by atoms with Crippen molar-refractivity contribution in [1.29, 1.82) is 5.26 Å². The highest BCUT2D eigenvalue weighted by Crippen LogP contribution is 2.43. The van der Waals surface area contributed by atoms with Crippen LogP contribution in [-0.2, 0) is 9.47 Å². The minimum Gasteiger partial charge on any atom is -0.465 e. The van der Waals surface area contributed by atoms with Gasteiger partial charge in [-0.1, -0.05) is 30.3 Å². The first-order chi connectivity index (χ1) is 17.7. The van der Waals surface area contributed by atoms with E-state index in [0.29, 0.717) is 26.9 Å². The van der Waals surface area contributed by atoms with Crippen LogP contribution < -0.4 is 16.8 Å². The van der Waals surface area contributed by atoms with Crippen LogP contribution in [0.1, 0.15) is 47.8 Å². The normalized spacial score (nSPS) is 10.6. The van der Waals surface area contributed by atoms with Gasteiger partial charge >= 0.3 is 11.9 Å². The summed E-state index contributed by atoms with van der Waals surface area (Å²) < 4.78 is 9.93. The Labute approximate surface area is 219 Å². The summed E-state index contributed by atoms with van der Waals surface area (Å²) in [6.07, 6.45) is 0. The fraction of sp³-hybridized carbons (Fsp3) is 0.160. The Hall–Kier alpha value is -4.47. The molecule has 0 aliphatic rings. The lowest BCUT2D eigenvalue weighted by Crippen LogP contribution is -2.14. The quantitative estimate of drug-likeness (QED) is 0.299. The van der Waals surface area contributed by atoms with Gasteiger partial charge in [0.25, 0.3) is 5.91 Å². The lowest BCUT2D eigenvalue weighted by atomic mass is 9.97. The zero-order valence-corrected chi connectivity index (χ0v) is 21.6. The molecule has 0 spiro atoms. The minimum atomic E-state index is -0.719. The number of rotatable bonds is 6. The van der Waals surface area contributed by atoms with E-state index >= 15 is 0 Å². The van der Waals surface area contributed by atoms with Crippen LogP contribution in [0.2, 0.25) is 0 Å². The summed E-state index contributed by atoms with van der Waals surface area (Å²) in [4.78, 5) is 43.2. The van der Waals surface area contributed by atoms with Gasteiger partial charge in [-0.05, 0) is 25.0 Å². The van der Waals surface area contributed by atoms with Crippen LogP contribution >= 0.6 is 22.7 Å². The third-order valence-electron chi connectivity index (χ3n) is 5.51. The molecule has 3 aromatic heterocycles. The topological polar surface area (TPSA) is 170 Å². The van der Waals surface area contributed by atoms with Gasteiger partial charge in [0, 0.05) is 10.9 Å². The number of hydrogen-bond acceptors (Lipinski definition) is 11. The van der Waals surface area contributed by atoms with Gasteiger partial charge < -0.3 is 26.3 Å². The van der Waals surface area contributed by atoms with Crippen LogP contribution in [0.3, 0.4) is 0 Å². The number of methoxy groups -OCH3 is 1. The number of thiophene rings is 2. The molecule has 3 heterocycles. The molecule has 1 amide bonds. The van der Waals surface area contributed by atoms with Crippen molar-refractivity contribution in [3.63, 3.8) is 0 Å². The summed E-state index contributed by atoms with van der Waals surface area (Å²) in [5.41, 5.74) is 14.3. The molecule has 12 heteroatoms. The number of nitrogens with two attached hydrogens (primary N) is 2. The number of nitrogens with one attached hydrogen (secondary N) is 1. The van der Waals surface area contributed by atoms with Crippen molar-refractivity contribution in [3.8, 4) is 17.2 Å². The van der Waals surface area contributed by atoms with E-state index in [2.05, 4.69) is 16.4 Å². The molecule has 0 fully saturated rings. The van der Waals surface area contributed by atoms with E-state index in [-0.39, 0.29) is 44.0 Å². The fourth-order valence-electron chi connectivity index (χ4n) is 3.85. The van der Waals surface area contributed by atoms with Crippen molar-refractivity contribution in [2.24, 2.45) is 0 Å². The van der Waals surface area contributed by atoms with E-state index in [1.54, 1.807) is 26.0 Å². The third kappa shape index (κ3) is 4.46. The highest BCUT2D eigenvalue weighted by Gasteiger charge is 2.29. The molecule has 4 aromatic rings. The summed E-state index contributed by atoms with van der Waals surface area (Å²) in [5.74, 6) is -1.95. The standard InChI is InChI=1S/C25H21N5O5S2/c1-4-35-25(33)18-11(2)14(24(32)34-3)22(36-18)30-21(31)19-17(27)16-15(12-8-6-5-7-9-12)13(10-26)20(28)29-23(16)37-19/h5-9H,4,27H2,1-3H3,(H2,28,29)(H,30,31). The van der Waals surface area contributed by atoms with Gasteiger partial charge in [0.2, 0.25) is 0 Å². The van der Waals surface area contributed by atoms with Crippen LogP contribution in [0.5, 0.6) is 0 Å². The van der Waals surface area contributed by atoms with Crippen molar-refractivity contribution < 1.29 is 23.9 Å². The van der Waals surface area contributed by atoms with Crippen molar-refractivity contribution in [3.05, 3.63) is 56.8 Å². The molecule has 0 bridgehead atoms. The van der Waals surface area contributed by atoms with Crippen LogP contribution in [-0.4, -0.2) is 36.5 Å². The average Bonchev–Trinajstić information content (AvgIpc) is 3.39. The number of ether oxygens (including phenoxy) is 2. The van der Waals surface area contributed by atoms with Gasteiger partial charge in [-0.15, -0.1) is 22.7 Å². The number of carbonyl (C=O) groups is 3. The highest BCUT2D eigenvalue weighted by molar-refractivity contribution is 7.22. The van der Waals surface area contributed by atoms with Gasteiger partial charge in [0.05, 0.1) is 25.0 Å². The minimum absolute atomic E-state index is 0.0167. The maximum Gasteiger partial charge on any atom is 0.348 e. The number of fused-ring (bicyclic) bond motifs is 1. The molecule has 0 saturated carbocycles. The maximum atomic E-state index is 13.4. The molecule has 4 rings (SSSR count). The lowest BCUT2D eigenvalue weighted by molar-refractivity contribution is 0.0531. The van der Waals surface area contributed by atoms with Crippen LogP contribution in [0.25, 0.3) is 21.3 Å². The van der Waals surface area contributed by atoms with Crippen LogP contribution in [0, 0.1) is 18.3 Å². The predicted octanol–water partition coefficient (Wildman–Crippen LogP) is 4.58. The van der Waals surface area contributed by atoms with Crippen molar-refractivity contribution in [1.82, 2.24) is 4.98 Å². The Kier molecular flexibility index (Phi) is 7.10. The fourth-order valence-corrected chi connectivity index (χ4v) is 5.94. The Morgan fingerprint density at radius 1 is 1.11 bits per heavy atom. The molecule has 0 unspecified atom stereocenters. The smallest absolute Gasteiger partial charge is 0.348 e. The van der Waals surface area contributed by atoms with Crippen molar-refractivity contribution >= 4 is 67.2 Å². The zero-order valence-electron chi connectivity index (χ0n) is 20.0. The number of esters is 2. The number of nitriles is 1. The van der Waals surface area contributed by atoms with Crippen LogP contribution in [0.4, 0.5) is 16.5 Å². The molecule has 188 valence electrons. The molecule has 5 N–H and O–H groups in total. The molecular formula is C25H21N5O5S2. The number of benzene rings is 1. The second-order valence-corrected chi connectivity index (χ2v) is 9.70. The van der Waals surface area contributed by atoms with E-state index in [9.17, 15) is 19.6 Å². The molecule has 0 aliphatic carbocycles. The Morgan fingerprint density at radius 2 is 1.81 bits per heavy atom. The summed E-state index contributed by atoms with van der Waals surface area (Å²) in [6.45, 7) is 3.38. The van der Waals surface area contributed by atoms with Crippen molar-refractivity contribution in [2.75, 3.05) is 30.5 Å². The van der Waals surface area contributed by atoms with Gasteiger partial charge in [-0.25, -0.2) is 14.6 Å². The molecule has 0 atom stereocenters. The van der Waals surface area contributed by atoms with E-state index in [1.165, 1.54) is 7.11 Å². The average molecular weight is 536 g/mol. The summed E-state index contributed by atoms with van der Waals surface area (Å²) in [5, 5.41) is 13.0. The first-order valence-corrected chi connectivity index (χ1v) is 12.5. The number of nitrogen functional groups attached to an aromatic ring is 2. The van der Waals surface area contributed by atoms with Gasteiger partial charge in [-0.3, -0.25) is 4.79 Å². The SMILES string of the molecule is CCOC(=O)c1sc(NC(=O)c2sc3nc(N)c(C#N)c(-c4ccccc4)c3c2N)c(C(=O)OC)c1C. The summed E-state index contributed by atoms with van der Waals surface area (Å²) in [6, 6.07) is 11.1. The third-order valence-corrected chi connectivity index (χ3v) is 7.79. The summed E-state index contributed by atoms with van der Waals surface area (Å²) >= 11 is 1.90. The molecule has 0 aliphatic heterocycles. The van der Waals surface area contributed by atoms with Gasteiger partial charge in [0.15, 0.2) is 0 Å². The van der Waals surface area contributed by atoms with E-state index in [4.69, 9.17) is 20.9 Å². The second kappa shape index (κ2) is 10.3. The molecule has 0 radical (unpaired) electrons. The predicted molar refractivity (Wildman–Crippen MR) is 143 cm³/mol. The number of anilines is 3. The van der Waals surface area contributed by atoms with E-state index in [1.807, 2.05) is 18.2 Å². The Balaban J connectivity index is 1.85. The Bertz CT molecular complexity index is 1600. The van der Waals surface area contributed by atoms with E-state index < -0.39 is 17.8 Å². The number of hydrogen-bond donors (Lipinski definition) is 3. The molecule has 1 aromatic carbocycles. The number of nitrogens with zero attached hydrogens (tertiary/aromatic N) is 2. The van der Waals surface area contributed by atoms with Crippen LogP contribution in [0.15, 0.2) is 30.3 Å². The largest absolute Gasteiger partial charge is 0.465 e. The molecule has 0 saturated heterocycles. The highest BCUT2D eigenvalue weighted by atomic mass is 32.1. The van der Waals surface area contributed by atoms with E-state index in [0.717, 1.165) is 22.7 Å².